The minimum absolute atomic E-state index is 0.0104. The monoisotopic (exact) mass is 829 g/mol. The number of rotatable bonds is 19. The topological polar surface area (TPSA) is 331 Å². The second-order valence-corrected chi connectivity index (χ2v) is 15.4. The first-order valence-corrected chi connectivity index (χ1v) is 19.4. The van der Waals surface area contributed by atoms with Gasteiger partial charge in [-0.05, 0) is 51.7 Å². The van der Waals surface area contributed by atoms with E-state index in [4.69, 9.17) is 28.4 Å². The zero-order valence-electron chi connectivity index (χ0n) is 32.3. The predicted octanol–water partition coefficient (Wildman–Crippen LogP) is -6.71. The van der Waals surface area contributed by atoms with Gasteiger partial charge in [-0.1, -0.05) is 0 Å². The number of carbonyl (C=O) groups is 2. The number of hydrogen-bond acceptors (Lipinski definition) is 20. The average molecular weight is 830 g/mol. The van der Waals surface area contributed by atoms with E-state index in [9.17, 15) is 65.8 Å². The minimum Gasteiger partial charge on any atom is -0.394 e. The molecule has 22 nitrogen and oxygen atoms in total. The van der Waals surface area contributed by atoms with E-state index in [0.29, 0.717) is 32.4 Å². The van der Waals surface area contributed by atoms with Gasteiger partial charge < -0.3 is 99.7 Å². The molecule has 4 saturated heterocycles. The van der Waals surface area contributed by atoms with Crippen LogP contribution >= 0.6 is 0 Å². The summed E-state index contributed by atoms with van der Waals surface area (Å²) in [4.78, 5) is 30.6. The number of nitrogens with one attached hydrogen (secondary N) is 1. The van der Waals surface area contributed by atoms with E-state index in [1.54, 1.807) is 0 Å². The summed E-state index contributed by atoms with van der Waals surface area (Å²) < 4.78 is 33.0. The molecule has 0 aromatic heterocycles. The maximum Gasteiger partial charge on any atom is 0.222 e. The molecule has 0 unspecified atom stereocenters. The van der Waals surface area contributed by atoms with Crippen molar-refractivity contribution in [2.24, 2.45) is 5.41 Å². The molecule has 4 aliphatic rings. The number of amides is 2. The fourth-order valence-electron chi connectivity index (χ4n) is 7.39. The first kappa shape index (κ1) is 47.9. The lowest BCUT2D eigenvalue weighted by atomic mass is 9.72. The Morgan fingerprint density at radius 3 is 1.63 bits per heavy atom. The van der Waals surface area contributed by atoms with Crippen LogP contribution in [0, 0.1) is 5.41 Å². The molecule has 22 heteroatoms. The maximum atomic E-state index is 13.9. The molecule has 12 N–H and O–H groups in total. The van der Waals surface area contributed by atoms with Crippen LogP contribution in [0.15, 0.2) is 0 Å². The molecule has 4 fully saturated rings. The van der Waals surface area contributed by atoms with Crippen molar-refractivity contribution in [1.29, 1.82) is 0 Å². The number of nitrogens with zero attached hydrogens (tertiary/aromatic N) is 2. The van der Waals surface area contributed by atoms with Gasteiger partial charge in [0.1, 0.15) is 67.1 Å². The Bertz CT molecular complexity index is 1190. The summed E-state index contributed by atoms with van der Waals surface area (Å²) in [6.07, 6.45) is -19.7. The molecule has 332 valence electrons. The summed E-state index contributed by atoms with van der Waals surface area (Å²) in [7, 11) is 1.96. The van der Waals surface area contributed by atoms with Gasteiger partial charge in [-0.15, -0.1) is 0 Å². The van der Waals surface area contributed by atoms with Crippen molar-refractivity contribution in [3.05, 3.63) is 0 Å². The Kier molecular flexibility index (Phi) is 18.6. The zero-order valence-corrected chi connectivity index (χ0v) is 32.3. The van der Waals surface area contributed by atoms with Crippen LogP contribution < -0.4 is 5.32 Å². The van der Waals surface area contributed by atoms with Gasteiger partial charge in [-0.3, -0.25) is 9.59 Å². The van der Waals surface area contributed by atoms with Crippen molar-refractivity contribution in [3.63, 3.8) is 0 Å². The van der Waals surface area contributed by atoms with Crippen molar-refractivity contribution in [2.75, 3.05) is 72.8 Å². The lowest BCUT2D eigenvalue weighted by Crippen LogP contribution is -2.59. The summed E-state index contributed by atoms with van der Waals surface area (Å²) in [5, 5.41) is 113. The van der Waals surface area contributed by atoms with Gasteiger partial charge in [-0.2, -0.15) is 0 Å². The van der Waals surface area contributed by atoms with Gasteiger partial charge in [-0.25, -0.2) is 0 Å². The van der Waals surface area contributed by atoms with Crippen LogP contribution in [0.3, 0.4) is 0 Å². The summed E-state index contributed by atoms with van der Waals surface area (Å²) in [5.74, 6) is -0.660. The van der Waals surface area contributed by atoms with E-state index in [1.807, 2.05) is 7.05 Å². The number of likely N-dealkylation sites (tertiary alicyclic amines) is 1. The fraction of sp³-hybridized carbons (Fsp3) is 0.943. The number of ether oxygens (including phenoxy) is 6. The maximum absolute atomic E-state index is 13.9. The Morgan fingerprint density at radius 1 is 0.684 bits per heavy atom. The molecule has 4 aliphatic heterocycles. The molecular formula is C35H63N3O19. The van der Waals surface area contributed by atoms with Crippen LogP contribution in [-0.4, -0.2) is 243 Å². The first-order chi connectivity index (χ1) is 27.0. The fourth-order valence-corrected chi connectivity index (χ4v) is 7.39. The third kappa shape index (κ3) is 12.6. The van der Waals surface area contributed by atoms with Gasteiger partial charge >= 0.3 is 0 Å². The van der Waals surface area contributed by atoms with Crippen LogP contribution in [-0.2, 0) is 38.0 Å². The molecule has 0 aromatic carbocycles. The average Bonchev–Trinajstić information content (AvgIpc) is 3.19. The number of hydrogen-bond donors (Lipinski definition) is 12. The van der Waals surface area contributed by atoms with E-state index < -0.39 is 111 Å². The number of aliphatic hydroxyl groups is 11. The van der Waals surface area contributed by atoms with E-state index in [-0.39, 0.29) is 64.1 Å². The Morgan fingerprint density at radius 2 is 1.14 bits per heavy atom. The molecule has 4 heterocycles. The van der Waals surface area contributed by atoms with Crippen LogP contribution in [0.2, 0.25) is 0 Å². The van der Waals surface area contributed by atoms with E-state index in [0.717, 1.165) is 0 Å². The summed E-state index contributed by atoms with van der Waals surface area (Å²) in [6, 6.07) is 0. The van der Waals surface area contributed by atoms with Crippen molar-refractivity contribution in [1.82, 2.24) is 15.1 Å². The van der Waals surface area contributed by atoms with Gasteiger partial charge in [0.2, 0.25) is 11.8 Å². The van der Waals surface area contributed by atoms with Gasteiger partial charge in [0.05, 0.1) is 39.1 Å². The summed E-state index contributed by atoms with van der Waals surface area (Å²) in [5.41, 5.74) is -0.559. The Balaban J connectivity index is 1.35. The zero-order chi connectivity index (χ0) is 42.0. The standard InChI is InChI=1S/C35H63N3O19/c1-18-23(43)26(46)29(49)32(55-18)52-12-7-36-21(41)15-35(5-8-37(2)9-6-35)4-3-22(42)38(10-13-53-33-30(50)27(47)24(44)19(16-39)56-33)11-14-54-34-31(51)28(48)25(45)20(17-40)57-34/h18-20,23-34,39-40,43-51H,3-17H2,1-2H3,(H,36,41)/t18-,19+,20+,23+,24+,25+,26+,27-,28-,29-,30-,31-,32+,33-,34-/m0/s1. The smallest absolute Gasteiger partial charge is 0.222 e. The molecule has 2 amide bonds. The first-order valence-electron chi connectivity index (χ1n) is 19.4. The van der Waals surface area contributed by atoms with E-state index >= 15 is 0 Å². The van der Waals surface area contributed by atoms with E-state index in [1.165, 1.54) is 11.8 Å². The highest BCUT2D eigenvalue weighted by molar-refractivity contribution is 5.78. The molecule has 0 aromatic rings. The van der Waals surface area contributed by atoms with Crippen LogP contribution in [0.5, 0.6) is 0 Å². The lowest BCUT2D eigenvalue weighted by molar-refractivity contribution is -0.303. The molecule has 0 spiro atoms. The molecule has 0 saturated carbocycles. The molecule has 0 aliphatic carbocycles. The minimum atomic E-state index is -1.67. The number of aliphatic hydroxyl groups excluding tert-OH is 11. The molecule has 0 bridgehead atoms. The SMILES string of the molecule is C[C@@H]1O[C@@H](OCCNC(=O)CC2(CCC(=O)N(CCO[C@H]3O[C@H](CO)[C@@H](O)[C@H](O)[C@@H]3O)CCO[C@H]3O[C@H](CO)[C@@H](O)[C@H](O)[C@@H]3O)CCN(C)CC2)[C@@H](O)[C@H](O)[C@@H]1O. The normalized spacial score (nSPS) is 38.8. The number of piperidine rings is 1. The van der Waals surface area contributed by atoms with Crippen LogP contribution in [0.1, 0.15) is 39.0 Å². The largest absolute Gasteiger partial charge is 0.394 e. The van der Waals surface area contributed by atoms with E-state index in [2.05, 4.69) is 10.2 Å². The van der Waals surface area contributed by atoms with Gasteiger partial charge in [0, 0.05) is 32.5 Å². The number of carbonyl (C=O) groups excluding carboxylic acids is 2. The van der Waals surface area contributed by atoms with Crippen molar-refractivity contribution in [3.8, 4) is 0 Å². The quantitative estimate of drug-likeness (QED) is 0.0539. The Labute approximate surface area is 330 Å². The van der Waals surface area contributed by atoms with Crippen molar-refractivity contribution in [2.45, 2.75) is 131 Å². The third-order valence-corrected chi connectivity index (χ3v) is 11.3. The molecule has 0 radical (unpaired) electrons. The van der Waals surface area contributed by atoms with Crippen LogP contribution in [0.4, 0.5) is 0 Å². The van der Waals surface area contributed by atoms with Gasteiger partial charge in [0.15, 0.2) is 18.9 Å². The second kappa shape index (κ2) is 22.2. The van der Waals surface area contributed by atoms with Crippen LogP contribution in [0.25, 0.3) is 0 Å². The predicted molar refractivity (Wildman–Crippen MR) is 190 cm³/mol. The summed E-state index contributed by atoms with van der Waals surface area (Å²) in [6.45, 7) is 0.882. The highest BCUT2D eigenvalue weighted by Crippen LogP contribution is 2.39. The van der Waals surface area contributed by atoms with Gasteiger partial charge in [0.25, 0.3) is 0 Å². The molecular weight excluding hydrogens is 766 g/mol. The molecule has 57 heavy (non-hydrogen) atoms. The Hall–Kier alpha value is -1.78. The highest BCUT2D eigenvalue weighted by Gasteiger charge is 2.46. The lowest BCUT2D eigenvalue weighted by Gasteiger charge is -2.41. The van der Waals surface area contributed by atoms with Crippen molar-refractivity contribution < 1.29 is 94.2 Å². The molecule has 15 atom stereocenters. The second-order valence-electron chi connectivity index (χ2n) is 15.4. The third-order valence-electron chi connectivity index (χ3n) is 11.3. The summed E-state index contributed by atoms with van der Waals surface area (Å²) >= 11 is 0. The molecule has 4 rings (SSSR count). The van der Waals surface area contributed by atoms with Crippen molar-refractivity contribution >= 4 is 11.8 Å². The highest BCUT2D eigenvalue weighted by atomic mass is 16.7.